The van der Waals surface area contributed by atoms with Crippen LogP contribution < -0.4 is 15.5 Å². The third-order valence-electron chi connectivity index (χ3n) is 8.18. The van der Waals surface area contributed by atoms with Gasteiger partial charge in [-0.3, -0.25) is 9.80 Å². The summed E-state index contributed by atoms with van der Waals surface area (Å²) in [7, 11) is 1.09. The van der Waals surface area contributed by atoms with Crippen LogP contribution in [0.15, 0.2) is 42.7 Å². The Hall–Kier alpha value is -2.76. The van der Waals surface area contributed by atoms with E-state index in [2.05, 4.69) is 60.2 Å². The maximum Gasteiger partial charge on any atom is 0.319 e. The van der Waals surface area contributed by atoms with Gasteiger partial charge in [-0.1, -0.05) is 37.3 Å². The Morgan fingerprint density at radius 2 is 1.57 bits per heavy atom. The standard InChI is InChI=1S/C26H39N7O3S/c1-25(10-12-26(13-11-25,30(2)3)21-8-6-5-7-9-21)20-33(23(27)34)22-18-28-24(29-19-22)31-14-16-32(17-15-31)37(4,35)36/h5-9,18-19H,10-17,20H2,1-4H3,(H2,27,34). The van der Waals surface area contributed by atoms with Crippen molar-refractivity contribution in [2.45, 2.75) is 38.1 Å². The Labute approximate surface area is 220 Å². The first-order valence-corrected chi connectivity index (χ1v) is 14.6. The monoisotopic (exact) mass is 529 g/mol. The molecule has 202 valence electrons. The number of hydrogen-bond donors (Lipinski definition) is 1. The number of anilines is 2. The van der Waals surface area contributed by atoms with Gasteiger partial charge in [0.15, 0.2) is 0 Å². The summed E-state index contributed by atoms with van der Waals surface area (Å²) in [5.74, 6) is 0.517. The number of sulfonamides is 1. The van der Waals surface area contributed by atoms with Crippen molar-refractivity contribution in [3.63, 3.8) is 0 Å². The maximum atomic E-state index is 12.5. The SMILES string of the molecule is CN(C)C1(c2ccccc2)CCC(C)(CN(C(N)=O)c2cnc(N3CCN(S(C)(=O)=O)CC3)nc2)CC1. The zero-order valence-electron chi connectivity index (χ0n) is 22.3. The van der Waals surface area contributed by atoms with E-state index >= 15 is 0 Å². The number of primary amides is 1. The van der Waals surface area contributed by atoms with Gasteiger partial charge >= 0.3 is 6.03 Å². The first-order chi connectivity index (χ1) is 17.4. The molecule has 11 heteroatoms. The highest BCUT2D eigenvalue weighted by Gasteiger charge is 2.44. The molecule has 10 nitrogen and oxygen atoms in total. The average Bonchev–Trinajstić information content (AvgIpc) is 2.88. The quantitative estimate of drug-likeness (QED) is 0.586. The van der Waals surface area contributed by atoms with E-state index in [-0.39, 0.29) is 11.0 Å². The van der Waals surface area contributed by atoms with Crippen LogP contribution in [-0.2, 0) is 15.6 Å². The third-order valence-corrected chi connectivity index (χ3v) is 9.49. The van der Waals surface area contributed by atoms with Crippen LogP contribution >= 0.6 is 0 Å². The van der Waals surface area contributed by atoms with Crippen molar-refractivity contribution in [1.82, 2.24) is 19.2 Å². The summed E-state index contributed by atoms with van der Waals surface area (Å²) in [6, 6.07) is 10.1. The molecule has 0 radical (unpaired) electrons. The second-order valence-corrected chi connectivity index (χ2v) is 12.9. The molecule has 0 spiro atoms. The van der Waals surface area contributed by atoms with Crippen LogP contribution in [0.3, 0.4) is 0 Å². The summed E-state index contributed by atoms with van der Waals surface area (Å²) in [5, 5.41) is 0. The van der Waals surface area contributed by atoms with Crippen molar-refractivity contribution in [3.05, 3.63) is 48.3 Å². The lowest BCUT2D eigenvalue weighted by atomic mass is 9.65. The van der Waals surface area contributed by atoms with Gasteiger partial charge in [-0.15, -0.1) is 0 Å². The minimum absolute atomic E-state index is 0.0236. The van der Waals surface area contributed by atoms with E-state index in [1.54, 1.807) is 17.3 Å². The molecule has 2 N–H and O–H groups in total. The molecule has 1 aliphatic carbocycles. The van der Waals surface area contributed by atoms with Crippen LogP contribution in [0.1, 0.15) is 38.2 Å². The Kier molecular flexibility index (Phi) is 7.77. The molecule has 4 rings (SSSR count). The van der Waals surface area contributed by atoms with Gasteiger partial charge < -0.3 is 10.6 Å². The fraction of sp³-hybridized carbons (Fsp3) is 0.577. The molecule has 1 aliphatic heterocycles. The van der Waals surface area contributed by atoms with Crippen molar-refractivity contribution >= 4 is 27.7 Å². The summed E-state index contributed by atoms with van der Waals surface area (Å²) in [6.07, 6.45) is 8.37. The highest BCUT2D eigenvalue weighted by Crippen LogP contribution is 2.48. The number of nitrogens with two attached hydrogens (primary N) is 1. The van der Waals surface area contributed by atoms with Crippen LogP contribution in [0.4, 0.5) is 16.4 Å². The normalized spacial score (nSPS) is 25.3. The molecule has 1 saturated heterocycles. The molecule has 2 fully saturated rings. The van der Waals surface area contributed by atoms with Gasteiger partial charge in [0.2, 0.25) is 16.0 Å². The lowest BCUT2D eigenvalue weighted by molar-refractivity contribution is 0.0459. The van der Waals surface area contributed by atoms with Crippen LogP contribution in [0.2, 0.25) is 0 Å². The number of urea groups is 1. The zero-order chi connectivity index (χ0) is 26.8. The molecule has 0 atom stereocenters. The number of benzene rings is 1. The number of aromatic nitrogens is 2. The first kappa shape index (κ1) is 27.3. The second-order valence-electron chi connectivity index (χ2n) is 10.9. The topological polar surface area (TPSA) is 116 Å². The molecular formula is C26H39N7O3S. The van der Waals surface area contributed by atoms with Gasteiger partial charge in [0.25, 0.3) is 0 Å². The molecule has 37 heavy (non-hydrogen) atoms. The van der Waals surface area contributed by atoms with E-state index in [0.29, 0.717) is 44.4 Å². The van der Waals surface area contributed by atoms with Crippen LogP contribution in [-0.4, -0.2) is 86.7 Å². The minimum Gasteiger partial charge on any atom is -0.351 e. The number of nitrogens with zero attached hydrogens (tertiary/aromatic N) is 6. The summed E-state index contributed by atoms with van der Waals surface area (Å²) in [4.78, 5) is 27.3. The predicted octanol–water partition coefficient (Wildman–Crippen LogP) is 2.48. The van der Waals surface area contributed by atoms with E-state index in [9.17, 15) is 13.2 Å². The number of carbonyl (C=O) groups is 1. The summed E-state index contributed by atoms with van der Waals surface area (Å²) in [5.41, 5.74) is 7.61. The lowest BCUT2D eigenvalue weighted by Gasteiger charge is -2.50. The highest BCUT2D eigenvalue weighted by molar-refractivity contribution is 7.88. The number of carbonyl (C=O) groups excluding carboxylic acids is 1. The van der Waals surface area contributed by atoms with Gasteiger partial charge in [-0.05, 0) is 50.8 Å². The number of hydrogen-bond acceptors (Lipinski definition) is 7. The van der Waals surface area contributed by atoms with E-state index < -0.39 is 16.1 Å². The molecule has 1 saturated carbocycles. The number of amides is 2. The van der Waals surface area contributed by atoms with Gasteiger partial charge in [0.05, 0.1) is 24.3 Å². The minimum atomic E-state index is -3.20. The van der Waals surface area contributed by atoms with Crippen molar-refractivity contribution in [2.24, 2.45) is 11.1 Å². The first-order valence-electron chi connectivity index (χ1n) is 12.8. The molecule has 0 bridgehead atoms. The van der Waals surface area contributed by atoms with E-state index in [0.717, 1.165) is 25.7 Å². The van der Waals surface area contributed by atoms with Crippen LogP contribution in [0, 0.1) is 5.41 Å². The zero-order valence-corrected chi connectivity index (χ0v) is 23.1. The Bertz CT molecular complexity index is 1170. The second kappa shape index (κ2) is 10.5. The lowest BCUT2D eigenvalue weighted by Crippen LogP contribution is -2.50. The Morgan fingerprint density at radius 1 is 1.00 bits per heavy atom. The fourth-order valence-electron chi connectivity index (χ4n) is 5.68. The van der Waals surface area contributed by atoms with Crippen LogP contribution in [0.5, 0.6) is 0 Å². The van der Waals surface area contributed by atoms with Gasteiger partial charge in [0, 0.05) is 38.3 Å². The Morgan fingerprint density at radius 3 is 2.05 bits per heavy atom. The van der Waals surface area contributed by atoms with Crippen molar-refractivity contribution in [3.8, 4) is 0 Å². The summed E-state index contributed by atoms with van der Waals surface area (Å²) < 4.78 is 25.0. The van der Waals surface area contributed by atoms with Gasteiger partial charge in [-0.25, -0.2) is 23.2 Å². The molecule has 2 amide bonds. The molecule has 1 aromatic heterocycles. The Balaban J connectivity index is 1.44. The van der Waals surface area contributed by atoms with E-state index in [1.807, 2.05) is 11.0 Å². The molecule has 2 aliphatic rings. The van der Waals surface area contributed by atoms with E-state index in [1.165, 1.54) is 16.1 Å². The van der Waals surface area contributed by atoms with Crippen molar-refractivity contribution in [2.75, 3.05) is 62.9 Å². The van der Waals surface area contributed by atoms with Crippen molar-refractivity contribution < 1.29 is 13.2 Å². The number of rotatable bonds is 7. The largest absolute Gasteiger partial charge is 0.351 e. The molecule has 2 aromatic rings. The van der Waals surface area contributed by atoms with Crippen molar-refractivity contribution in [1.29, 1.82) is 0 Å². The maximum absolute atomic E-state index is 12.5. The predicted molar refractivity (Wildman–Crippen MR) is 146 cm³/mol. The smallest absolute Gasteiger partial charge is 0.319 e. The third kappa shape index (κ3) is 5.89. The van der Waals surface area contributed by atoms with E-state index in [4.69, 9.17) is 5.73 Å². The fourth-order valence-corrected chi connectivity index (χ4v) is 6.51. The summed E-state index contributed by atoms with van der Waals surface area (Å²) >= 11 is 0. The molecule has 0 unspecified atom stereocenters. The summed E-state index contributed by atoms with van der Waals surface area (Å²) in [6.45, 7) is 4.54. The number of piperazine rings is 1. The molecule has 1 aromatic carbocycles. The van der Waals surface area contributed by atoms with Gasteiger partial charge in [-0.2, -0.15) is 4.31 Å². The molecular weight excluding hydrogens is 490 g/mol. The van der Waals surface area contributed by atoms with Gasteiger partial charge in [0.1, 0.15) is 0 Å². The highest BCUT2D eigenvalue weighted by atomic mass is 32.2. The molecule has 2 heterocycles. The average molecular weight is 530 g/mol. The van der Waals surface area contributed by atoms with Crippen LogP contribution in [0.25, 0.3) is 0 Å².